The molecule has 0 spiro atoms. The van der Waals surface area contributed by atoms with Crippen molar-refractivity contribution in [3.05, 3.63) is 28.8 Å². The third kappa shape index (κ3) is 3.58. The third-order valence-corrected chi connectivity index (χ3v) is 4.43. The van der Waals surface area contributed by atoms with Gasteiger partial charge in [-0.1, -0.05) is 17.7 Å². The van der Waals surface area contributed by atoms with Gasteiger partial charge in [-0.05, 0) is 65.0 Å². The monoisotopic (exact) mass is 289 g/mol. The number of amides is 1. The molecule has 3 nitrogen and oxygen atoms in total. The average Bonchev–Trinajstić information content (AvgIpc) is 2.37. The molecule has 2 unspecified atom stereocenters. The first-order valence-electron chi connectivity index (χ1n) is 7.92. The van der Waals surface area contributed by atoms with Crippen molar-refractivity contribution in [2.24, 2.45) is 0 Å². The number of rotatable bonds is 3. The fraction of sp³-hybridized carbons (Fsp3) is 0.611. The highest BCUT2D eigenvalue weighted by atomic mass is 16.5. The van der Waals surface area contributed by atoms with E-state index < -0.39 is 0 Å². The van der Waals surface area contributed by atoms with Crippen LogP contribution in [0.1, 0.15) is 49.8 Å². The highest BCUT2D eigenvalue weighted by Gasteiger charge is 2.29. The predicted molar refractivity (Wildman–Crippen MR) is 85.8 cm³/mol. The van der Waals surface area contributed by atoms with E-state index in [-0.39, 0.29) is 12.5 Å². The standard InChI is InChI=1S/C18H27NO2/c1-12-9-13(2)18(14(3)10-12)21-11-17(20)19-15(4)7-6-8-16(19)5/h9-10,15-16H,6-8,11H2,1-5H3. The number of nitrogens with zero attached hydrogens (tertiary/aromatic N) is 1. The second kappa shape index (κ2) is 6.50. The van der Waals surface area contributed by atoms with Gasteiger partial charge in [-0.3, -0.25) is 4.79 Å². The minimum atomic E-state index is 0.106. The van der Waals surface area contributed by atoms with Crippen molar-refractivity contribution in [3.63, 3.8) is 0 Å². The molecule has 1 fully saturated rings. The normalized spacial score (nSPS) is 22.2. The lowest BCUT2D eigenvalue weighted by Gasteiger charge is -2.39. The quantitative estimate of drug-likeness (QED) is 0.847. The Morgan fingerprint density at radius 2 is 1.67 bits per heavy atom. The zero-order valence-electron chi connectivity index (χ0n) is 13.9. The summed E-state index contributed by atoms with van der Waals surface area (Å²) in [6, 6.07) is 4.84. The molecule has 1 aromatic rings. The van der Waals surface area contributed by atoms with Gasteiger partial charge in [0, 0.05) is 12.1 Å². The summed E-state index contributed by atoms with van der Waals surface area (Å²) in [6.45, 7) is 10.6. The van der Waals surface area contributed by atoms with Gasteiger partial charge in [0.1, 0.15) is 5.75 Å². The lowest BCUT2D eigenvalue weighted by atomic mass is 9.97. The Kier molecular flexibility index (Phi) is 4.92. The Balaban J connectivity index is 2.04. The summed E-state index contributed by atoms with van der Waals surface area (Å²) in [4.78, 5) is 14.5. The van der Waals surface area contributed by atoms with E-state index in [1.807, 2.05) is 18.7 Å². The second-order valence-corrected chi connectivity index (χ2v) is 6.45. The molecule has 0 aliphatic carbocycles. The molecule has 2 rings (SSSR count). The molecule has 0 N–H and O–H groups in total. The van der Waals surface area contributed by atoms with Crippen molar-refractivity contribution < 1.29 is 9.53 Å². The van der Waals surface area contributed by atoms with Crippen molar-refractivity contribution in [1.29, 1.82) is 0 Å². The highest BCUT2D eigenvalue weighted by Crippen LogP contribution is 2.26. The fourth-order valence-corrected chi connectivity index (χ4v) is 3.52. The van der Waals surface area contributed by atoms with Crippen LogP contribution in [0.25, 0.3) is 0 Å². The van der Waals surface area contributed by atoms with Gasteiger partial charge < -0.3 is 9.64 Å². The predicted octanol–water partition coefficient (Wildman–Crippen LogP) is 3.78. The second-order valence-electron chi connectivity index (χ2n) is 6.45. The lowest BCUT2D eigenvalue weighted by molar-refractivity contribution is -0.139. The number of ether oxygens (including phenoxy) is 1. The summed E-state index contributed by atoms with van der Waals surface area (Å²) in [6.07, 6.45) is 3.40. The first kappa shape index (κ1) is 15.9. The fourth-order valence-electron chi connectivity index (χ4n) is 3.52. The van der Waals surface area contributed by atoms with Gasteiger partial charge in [0.2, 0.25) is 0 Å². The summed E-state index contributed by atoms with van der Waals surface area (Å²) in [7, 11) is 0. The number of likely N-dealkylation sites (tertiary alicyclic amines) is 1. The summed E-state index contributed by atoms with van der Waals surface area (Å²) < 4.78 is 5.84. The number of carbonyl (C=O) groups is 1. The number of benzene rings is 1. The molecule has 0 bridgehead atoms. The maximum absolute atomic E-state index is 12.5. The Morgan fingerprint density at radius 3 is 2.19 bits per heavy atom. The van der Waals surface area contributed by atoms with Crippen LogP contribution in [0.3, 0.4) is 0 Å². The number of hydrogen-bond acceptors (Lipinski definition) is 2. The summed E-state index contributed by atoms with van der Waals surface area (Å²) in [5, 5.41) is 0. The zero-order valence-corrected chi connectivity index (χ0v) is 13.9. The molecular formula is C18H27NO2. The molecule has 1 aliphatic rings. The molecule has 3 heteroatoms. The minimum Gasteiger partial charge on any atom is -0.483 e. The summed E-state index contributed by atoms with van der Waals surface area (Å²) >= 11 is 0. The van der Waals surface area contributed by atoms with Gasteiger partial charge in [-0.2, -0.15) is 0 Å². The van der Waals surface area contributed by atoms with Crippen LogP contribution < -0.4 is 4.74 Å². The van der Waals surface area contributed by atoms with Crippen LogP contribution in [0.5, 0.6) is 5.75 Å². The average molecular weight is 289 g/mol. The smallest absolute Gasteiger partial charge is 0.260 e. The van der Waals surface area contributed by atoms with Crippen LogP contribution in [0.15, 0.2) is 12.1 Å². The van der Waals surface area contributed by atoms with Gasteiger partial charge >= 0.3 is 0 Å². The van der Waals surface area contributed by atoms with Gasteiger partial charge in [0.05, 0.1) is 0 Å². The van der Waals surface area contributed by atoms with E-state index in [0.29, 0.717) is 12.1 Å². The maximum atomic E-state index is 12.5. The minimum absolute atomic E-state index is 0.106. The first-order chi connectivity index (χ1) is 9.90. The Bertz CT molecular complexity index is 491. The molecule has 1 amide bonds. The molecule has 0 saturated carbocycles. The largest absolute Gasteiger partial charge is 0.483 e. The molecule has 1 heterocycles. The van der Waals surface area contributed by atoms with Crippen LogP contribution in [-0.4, -0.2) is 29.5 Å². The van der Waals surface area contributed by atoms with Crippen molar-refractivity contribution in [2.75, 3.05) is 6.61 Å². The SMILES string of the molecule is Cc1cc(C)c(OCC(=O)N2C(C)CCCC2C)c(C)c1. The molecule has 2 atom stereocenters. The molecule has 21 heavy (non-hydrogen) atoms. The molecule has 116 valence electrons. The van der Waals surface area contributed by atoms with E-state index in [2.05, 4.69) is 32.9 Å². The topological polar surface area (TPSA) is 29.5 Å². The van der Waals surface area contributed by atoms with Crippen LogP contribution in [-0.2, 0) is 4.79 Å². The maximum Gasteiger partial charge on any atom is 0.260 e. The van der Waals surface area contributed by atoms with E-state index in [1.54, 1.807) is 0 Å². The van der Waals surface area contributed by atoms with Gasteiger partial charge in [-0.15, -0.1) is 0 Å². The Morgan fingerprint density at radius 1 is 1.14 bits per heavy atom. The number of aryl methyl sites for hydroxylation is 3. The molecule has 1 saturated heterocycles. The third-order valence-electron chi connectivity index (χ3n) is 4.43. The van der Waals surface area contributed by atoms with Crippen LogP contribution in [0.2, 0.25) is 0 Å². The van der Waals surface area contributed by atoms with Crippen molar-refractivity contribution >= 4 is 5.91 Å². The molecular weight excluding hydrogens is 262 g/mol. The van der Waals surface area contributed by atoms with Crippen LogP contribution in [0.4, 0.5) is 0 Å². The summed E-state index contributed by atoms with van der Waals surface area (Å²) in [5.74, 6) is 0.959. The molecule has 0 radical (unpaired) electrons. The molecule has 0 aromatic heterocycles. The number of carbonyl (C=O) groups excluding carboxylic acids is 1. The van der Waals surface area contributed by atoms with Gasteiger partial charge in [0.25, 0.3) is 5.91 Å². The number of piperidine rings is 1. The Labute approximate surface area is 128 Å². The van der Waals surface area contributed by atoms with E-state index in [0.717, 1.165) is 29.7 Å². The van der Waals surface area contributed by atoms with E-state index in [4.69, 9.17) is 4.74 Å². The number of hydrogen-bond donors (Lipinski definition) is 0. The van der Waals surface area contributed by atoms with Crippen LogP contribution in [0, 0.1) is 20.8 Å². The Hall–Kier alpha value is -1.51. The van der Waals surface area contributed by atoms with Gasteiger partial charge in [0.15, 0.2) is 6.61 Å². The summed E-state index contributed by atoms with van der Waals surface area (Å²) in [5.41, 5.74) is 3.42. The van der Waals surface area contributed by atoms with Gasteiger partial charge in [-0.25, -0.2) is 0 Å². The highest BCUT2D eigenvalue weighted by molar-refractivity contribution is 5.78. The van der Waals surface area contributed by atoms with Crippen molar-refractivity contribution in [1.82, 2.24) is 4.90 Å². The van der Waals surface area contributed by atoms with E-state index in [9.17, 15) is 4.79 Å². The first-order valence-corrected chi connectivity index (χ1v) is 7.92. The molecule has 1 aromatic carbocycles. The van der Waals surface area contributed by atoms with E-state index >= 15 is 0 Å². The van der Waals surface area contributed by atoms with Crippen molar-refractivity contribution in [3.8, 4) is 5.75 Å². The lowest BCUT2D eigenvalue weighted by Crippen LogP contribution is -2.49. The zero-order chi connectivity index (χ0) is 15.6. The van der Waals surface area contributed by atoms with E-state index in [1.165, 1.54) is 12.0 Å². The molecule has 1 aliphatic heterocycles. The van der Waals surface area contributed by atoms with Crippen LogP contribution >= 0.6 is 0 Å². The van der Waals surface area contributed by atoms with Crippen molar-refractivity contribution in [2.45, 2.75) is 66.0 Å².